The monoisotopic (exact) mass is 179 g/mol. The minimum absolute atomic E-state index is 0.811. The highest BCUT2D eigenvalue weighted by Crippen LogP contribution is 2.07. The topological polar surface area (TPSA) is 22.1 Å². The van der Waals surface area contributed by atoms with E-state index in [-0.39, 0.29) is 0 Å². The second-order valence-electron chi connectivity index (χ2n) is 3.10. The van der Waals surface area contributed by atoms with Crippen LogP contribution in [0, 0.1) is 0 Å². The third kappa shape index (κ3) is 4.51. The van der Waals surface area contributed by atoms with E-state index in [1.807, 2.05) is 12.1 Å². The van der Waals surface area contributed by atoms with Crippen LogP contribution in [0.4, 0.5) is 0 Å². The van der Waals surface area contributed by atoms with E-state index in [4.69, 9.17) is 4.74 Å². The van der Waals surface area contributed by atoms with Gasteiger partial charge in [-0.05, 0) is 18.6 Å². The summed E-state index contributed by atoms with van der Waals surface area (Å²) in [4.78, 5) is 3.97. The van der Waals surface area contributed by atoms with Crippen molar-refractivity contribution in [3.8, 4) is 5.75 Å². The van der Waals surface area contributed by atoms with Crippen molar-refractivity contribution in [2.75, 3.05) is 6.61 Å². The van der Waals surface area contributed by atoms with Crippen LogP contribution in [0.1, 0.15) is 32.6 Å². The molecule has 0 aliphatic rings. The SMILES string of the molecule is CCCCCCOc1cccnc1. The molecule has 0 spiro atoms. The van der Waals surface area contributed by atoms with Gasteiger partial charge in [0.25, 0.3) is 0 Å². The lowest BCUT2D eigenvalue weighted by Crippen LogP contribution is -1.97. The molecule has 0 saturated carbocycles. The molecule has 13 heavy (non-hydrogen) atoms. The smallest absolute Gasteiger partial charge is 0.137 e. The fraction of sp³-hybridized carbons (Fsp3) is 0.545. The van der Waals surface area contributed by atoms with Gasteiger partial charge in [-0.1, -0.05) is 26.2 Å². The van der Waals surface area contributed by atoms with Gasteiger partial charge in [-0.25, -0.2) is 0 Å². The molecule has 0 aliphatic heterocycles. The number of aromatic nitrogens is 1. The minimum atomic E-state index is 0.811. The van der Waals surface area contributed by atoms with E-state index in [1.54, 1.807) is 12.4 Å². The fourth-order valence-electron chi connectivity index (χ4n) is 1.15. The number of ether oxygens (including phenoxy) is 1. The van der Waals surface area contributed by atoms with Crippen molar-refractivity contribution in [3.05, 3.63) is 24.5 Å². The predicted octanol–water partition coefficient (Wildman–Crippen LogP) is 3.04. The van der Waals surface area contributed by atoms with Crippen molar-refractivity contribution in [1.82, 2.24) is 4.98 Å². The molecular weight excluding hydrogens is 162 g/mol. The van der Waals surface area contributed by atoms with E-state index < -0.39 is 0 Å². The van der Waals surface area contributed by atoms with E-state index >= 15 is 0 Å². The molecule has 0 amide bonds. The van der Waals surface area contributed by atoms with Gasteiger partial charge in [0.2, 0.25) is 0 Å². The standard InChI is InChI=1S/C11H17NO/c1-2-3-4-5-9-13-11-7-6-8-12-10-11/h6-8,10H,2-5,9H2,1H3. The van der Waals surface area contributed by atoms with Crippen LogP contribution in [0.3, 0.4) is 0 Å². The molecule has 0 bridgehead atoms. The molecule has 72 valence electrons. The first-order chi connectivity index (χ1) is 6.43. The molecule has 1 heterocycles. The highest BCUT2D eigenvalue weighted by molar-refractivity contribution is 5.15. The first-order valence-corrected chi connectivity index (χ1v) is 4.96. The number of hydrogen-bond donors (Lipinski definition) is 0. The number of rotatable bonds is 6. The summed E-state index contributed by atoms with van der Waals surface area (Å²) in [5.41, 5.74) is 0. The van der Waals surface area contributed by atoms with Crippen molar-refractivity contribution in [2.24, 2.45) is 0 Å². The molecule has 0 saturated heterocycles. The Balaban J connectivity index is 2.07. The summed E-state index contributed by atoms with van der Waals surface area (Å²) in [7, 11) is 0. The second-order valence-corrected chi connectivity index (χ2v) is 3.10. The predicted molar refractivity (Wildman–Crippen MR) is 53.9 cm³/mol. The van der Waals surface area contributed by atoms with Gasteiger partial charge in [0, 0.05) is 6.20 Å². The van der Waals surface area contributed by atoms with Crippen molar-refractivity contribution in [1.29, 1.82) is 0 Å². The molecule has 0 aromatic carbocycles. The van der Waals surface area contributed by atoms with E-state index in [0.29, 0.717) is 0 Å². The molecule has 2 heteroatoms. The van der Waals surface area contributed by atoms with Crippen LogP contribution >= 0.6 is 0 Å². The molecule has 1 aromatic heterocycles. The molecule has 0 N–H and O–H groups in total. The average molecular weight is 179 g/mol. The molecule has 0 unspecified atom stereocenters. The van der Waals surface area contributed by atoms with Crippen LogP contribution in [0.15, 0.2) is 24.5 Å². The number of nitrogens with zero attached hydrogens (tertiary/aromatic N) is 1. The summed E-state index contributed by atoms with van der Waals surface area (Å²) in [6.07, 6.45) is 8.48. The Kier molecular flexibility index (Phi) is 4.99. The van der Waals surface area contributed by atoms with Crippen LogP contribution in [-0.4, -0.2) is 11.6 Å². The molecule has 0 radical (unpaired) electrons. The summed E-state index contributed by atoms with van der Waals surface area (Å²) in [6, 6.07) is 3.83. The lowest BCUT2D eigenvalue weighted by atomic mass is 10.2. The van der Waals surface area contributed by atoms with Gasteiger partial charge in [0.05, 0.1) is 12.8 Å². The Labute approximate surface area is 80.0 Å². The lowest BCUT2D eigenvalue weighted by molar-refractivity contribution is 0.304. The highest BCUT2D eigenvalue weighted by atomic mass is 16.5. The van der Waals surface area contributed by atoms with E-state index in [0.717, 1.165) is 18.8 Å². The Hall–Kier alpha value is -1.05. The Morgan fingerprint density at radius 2 is 2.23 bits per heavy atom. The quantitative estimate of drug-likeness (QED) is 0.626. The zero-order valence-electron chi connectivity index (χ0n) is 8.20. The highest BCUT2D eigenvalue weighted by Gasteiger charge is 1.91. The van der Waals surface area contributed by atoms with E-state index in [1.165, 1.54) is 19.3 Å². The molecule has 2 nitrogen and oxygen atoms in total. The fourth-order valence-corrected chi connectivity index (χ4v) is 1.15. The molecule has 0 fully saturated rings. The van der Waals surface area contributed by atoms with Crippen molar-refractivity contribution >= 4 is 0 Å². The average Bonchev–Trinajstić information content (AvgIpc) is 2.19. The zero-order valence-corrected chi connectivity index (χ0v) is 8.20. The van der Waals surface area contributed by atoms with Gasteiger partial charge in [0.15, 0.2) is 0 Å². The van der Waals surface area contributed by atoms with Gasteiger partial charge < -0.3 is 4.74 Å². The van der Waals surface area contributed by atoms with Gasteiger partial charge in [-0.15, -0.1) is 0 Å². The van der Waals surface area contributed by atoms with Crippen LogP contribution < -0.4 is 4.74 Å². The minimum Gasteiger partial charge on any atom is -0.492 e. The maximum Gasteiger partial charge on any atom is 0.137 e. The Morgan fingerprint density at radius 3 is 2.92 bits per heavy atom. The van der Waals surface area contributed by atoms with E-state index in [9.17, 15) is 0 Å². The maximum atomic E-state index is 5.49. The van der Waals surface area contributed by atoms with Crippen LogP contribution in [0.25, 0.3) is 0 Å². The number of pyridine rings is 1. The third-order valence-electron chi connectivity index (χ3n) is 1.90. The molecule has 1 aromatic rings. The number of hydrogen-bond acceptors (Lipinski definition) is 2. The van der Waals surface area contributed by atoms with E-state index in [2.05, 4.69) is 11.9 Å². The number of unbranched alkanes of at least 4 members (excludes halogenated alkanes) is 3. The van der Waals surface area contributed by atoms with Crippen molar-refractivity contribution < 1.29 is 4.74 Å². The molecule has 0 aliphatic carbocycles. The largest absolute Gasteiger partial charge is 0.492 e. The molecule has 1 rings (SSSR count). The van der Waals surface area contributed by atoms with Gasteiger partial charge in [-0.3, -0.25) is 4.98 Å². The summed E-state index contributed by atoms with van der Waals surface area (Å²) in [6.45, 7) is 3.02. The second kappa shape index (κ2) is 6.46. The van der Waals surface area contributed by atoms with Crippen LogP contribution in [0.2, 0.25) is 0 Å². The summed E-state index contributed by atoms with van der Waals surface area (Å²) in [5.74, 6) is 0.874. The molecular formula is C11H17NO. The van der Waals surface area contributed by atoms with Crippen molar-refractivity contribution in [3.63, 3.8) is 0 Å². The normalized spacial score (nSPS) is 9.92. The van der Waals surface area contributed by atoms with Gasteiger partial charge >= 0.3 is 0 Å². The first-order valence-electron chi connectivity index (χ1n) is 4.96. The Bertz CT molecular complexity index is 211. The van der Waals surface area contributed by atoms with Crippen LogP contribution in [0.5, 0.6) is 5.75 Å². The summed E-state index contributed by atoms with van der Waals surface area (Å²) < 4.78 is 5.49. The van der Waals surface area contributed by atoms with Crippen LogP contribution in [-0.2, 0) is 0 Å². The summed E-state index contributed by atoms with van der Waals surface area (Å²) >= 11 is 0. The summed E-state index contributed by atoms with van der Waals surface area (Å²) in [5, 5.41) is 0. The first kappa shape index (κ1) is 10.0. The van der Waals surface area contributed by atoms with Crippen molar-refractivity contribution in [2.45, 2.75) is 32.6 Å². The lowest BCUT2D eigenvalue weighted by Gasteiger charge is -2.04. The maximum absolute atomic E-state index is 5.49. The Morgan fingerprint density at radius 1 is 1.31 bits per heavy atom. The zero-order chi connectivity index (χ0) is 9.36. The van der Waals surface area contributed by atoms with Gasteiger partial charge in [-0.2, -0.15) is 0 Å². The van der Waals surface area contributed by atoms with Gasteiger partial charge in [0.1, 0.15) is 5.75 Å². The molecule has 0 atom stereocenters. The third-order valence-corrected chi connectivity index (χ3v) is 1.90.